The van der Waals surface area contributed by atoms with Crippen LogP contribution >= 0.6 is 0 Å². The van der Waals surface area contributed by atoms with Crippen molar-refractivity contribution in [1.82, 2.24) is 19.8 Å². The Hall–Kier alpha value is -3.16. The van der Waals surface area contributed by atoms with E-state index in [0.717, 1.165) is 35.9 Å². The molecule has 2 saturated heterocycles. The molecule has 8 heteroatoms. The third-order valence-corrected chi connectivity index (χ3v) is 6.42. The molecule has 0 aliphatic carbocycles. The highest BCUT2D eigenvalue weighted by Crippen LogP contribution is 2.32. The lowest BCUT2D eigenvalue weighted by Gasteiger charge is -2.29. The van der Waals surface area contributed by atoms with Crippen molar-refractivity contribution in [3.8, 4) is 11.3 Å². The van der Waals surface area contributed by atoms with Crippen molar-refractivity contribution >= 4 is 23.7 Å². The molecular formula is C22H25N5O3. The number of nitrogens with one attached hydrogen (secondary N) is 1. The lowest BCUT2D eigenvalue weighted by Crippen LogP contribution is -2.52. The van der Waals surface area contributed by atoms with Crippen LogP contribution in [0.1, 0.15) is 48.0 Å². The Balaban J connectivity index is 1.40. The van der Waals surface area contributed by atoms with Gasteiger partial charge in [0, 0.05) is 44.2 Å². The highest BCUT2D eigenvalue weighted by atomic mass is 16.2. The summed E-state index contributed by atoms with van der Waals surface area (Å²) in [7, 11) is 2.03. The number of aromatic nitrogens is 2. The van der Waals surface area contributed by atoms with Gasteiger partial charge in [-0.25, -0.2) is 4.98 Å². The van der Waals surface area contributed by atoms with E-state index >= 15 is 0 Å². The number of fused-ring (bicyclic) bond motifs is 1. The summed E-state index contributed by atoms with van der Waals surface area (Å²) < 4.78 is 2.11. The van der Waals surface area contributed by atoms with Crippen molar-refractivity contribution < 1.29 is 14.4 Å². The van der Waals surface area contributed by atoms with Crippen molar-refractivity contribution in [2.75, 3.05) is 18.0 Å². The molecule has 0 spiro atoms. The number of nitrogens with zero attached hydrogens (tertiary/aromatic N) is 4. The topological polar surface area (TPSA) is 87.5 Å². The van der Waals surface area contributed by atoms with Gasteiger partial charge in [-0.3, -0.25) is 19.7 Å². The normalized spacial score (nSPS) is 21.8. The Labute approximate surface area is 174 Å². The van der Waals surface area contributed by atoms with Crippen LogP contribution in [0.5, 0.6) is 0 Å². The molecule has 1 atom stereocenters. The molecular weight excluding hydrogens is 382 g/mol. The number of imidazole rings is 1. The molecule has 0 radical (unpaired) electrons. The van der Waals surface area contributed by atoms with Gasteiger partial charge in [0.2, 0.25) is 17.8 Å². The molecule has 3 aliphatic rings. The first kappa shape index (κ1) is 18.8. The summed E-state index contributed by atoms with van der Waals surface area (Å²) >= 11 is 0. The van der Waals surface area contributed by atoms with Crippen LogP contribution in [0.2, 0.25) is 0 Å². The van der Waals surface area contributed by atoms with Gasteiger partial charge in [-0.05, 0) is 43.4 Å². The van der Waals surface area contributed by atoms with E-state index in [2.05, 4.69) is 19.8 Å². The van der Waals surface area contributed by atoms with E-state index in [1.165, 1.54) is 19.3 Å². The zero-order chi connectivity index (χ0) is 20.8. The largest absolute Gasteiger partial charge is 0.342 e. The van der Waals surface area contributed by atoms with Gasteiger partial charge in [0.25, 0.3) is 5.91 Å². The molecule has 2 aromatic rings. The molecule has 3 amide bonds. The Kier molecular flexibility index (Phi) is 4.56. The van der Waals surface area contributed by atoms with Gasteiger partial charge in [-0.1, -0.05) is 6.07 Å². The first-order chi connectivity index (χ1) is 14.5. The van der Waals surface area contributed by atoms with Gasteiger partial charge in [-0.2, -0.15) is 0 Å². The minimum absolute atomic E-state index is 0.148. The van der Waals surface area contributed by atoms with Crippen LogP contribution in [-0.4, -0.2) is 51.3 Å². The number of anilines is 1. The molecule has 5 rings (SSSR count). The molecule has 3 aliphatic heterocycles. The average Bonchev–Trinajstić information content (AvgIpc) is 3.28. The molecule has 1 N–H and O–H groups in total. The lowest BCUT2D eigenvalue weighted by atomic mass is 10.0. The molecule has 156 valence electrons. The number of imide groups is 1. The van der Waals surface area contributed by atoms with E-state index < -0.39 is 6.04 Å². The summed E-state index contributed by atoms with van der Waals surface area (Å²) in [6.07, 6.45) is 6.18. The van der Waals surface area contributed by atoms with Crippen molar-refractivity contribution in [3.63, 3.8) is 0 Å². The Morgan fingerprint density at radius 1 is 1.10 bits per heavy atom. The summed E-state index contributed by atoms with van der Waals surface area (Å²) in [4.78, 5) is 45.1. The zero-order valence-electron chi connectivity index (χ0n) is 17.1. The highest BCUT2D eigenvalue weighted by molar-refractivity contribution is 6.05. The van der Waals surface area contributed by atoms with Crippen molar-refractivity contribution in [2.45, 2.75) is 44.7 Å². The molecule has 0 unspecified atom stereocenters. The van der Waals surface area contributed by atoms with Gasteiger partial charge in [-0.15, -0.1) is 0 Å². The summed E-state index contributed by atoms with van der Waals surface area (Å²) in [5.74, 6) is 0.172. The molecule has 1 aromatic carbocycles. The number of carbonyl (C=O) groups excluding carboxylic acids is 3. The number of rotatable bonds is 3. The first-order valence-electron chi connectivity index (χ1n) is 10.6. The lowest BCUT2D eigenvalue weighted by molar-refractivity contribution is -0.136. The zero-order valence-corrected chi connectivity index (χ0v) is 17.1. The van der Waals surface area contributed by atoms with Gasteiger partial charge < -0.3 is 14.4 Å². The average molecular weight is 407 g/mol. The second kappa shape index (κ2) is 7.27. The SMILES string of the molecule is Cn1c(-c2ccc3c(c2)CN([C@@H]2CCC(=O)NC2=O)C3=O)cnc1N1CCCCC1. The maximum Gasteiger partial charge on any atom is 0.255 e. The fourth-order valence-corrected chi connectivity index (χ4v) is 4.79. The molecule has 4 heterocycles. The fraction of sp³-hybridized carbons (Fsp3) is 0.455. The first-order valence-corrected chi connectivity index (χ1v) is 10.6. The van der Waals surface area contributed by atoms with Gasteiger partial charge in [0.05, 0.1) is 11.9 Å². The Morgan fingerprint density at radius 2 is 1.90 bits per heavy atom. The number of hydrogen-bond acceptors (Lipinski definition) is 5. The Morgan fingerprint density at radius 3 is 2.67 bits per heavy atom. The van der Waals surface area contributed by atoms with Crippen molar-refractivity contribution in [2.24, 2.45) is 7.05 Å². The van der Waals surface area contributed by atoms with Crippen LogP contribution in [0.15, 0.2) is 24.4 Å². The molecule has 1 aromatic heterocycles. The van der Waals surface area contributed by atoms with E-state index in [-0.39, 0.29) is 24.1 Å². The molecule has 0 saturated carbocycles. The molecule has 2 fully saturated rings. The summed E-state index contributed by atoms with van der Waals surface area (Å²) in [5, 5.41) is 2.34. The second-order valence-electron chi connectivity index (χ2n) is 8.32. The standard InChI is InChI=1S/C22H25N5O3/c1-25-18(12-23-22(25)26-9-3-2-4-10-26)14-5-6-16-15(11-14)13-27(21(16)30)17-7-8-19(28)24-20(17)29/h5-6,11-12,17H,2-4,7-10,13H2,1H3,(H,24,28,29)/t17-/m1/s1. The predicted octanol–water partition coefficient (Wildman–Crippen LogP) is 1.84. The van der Waals surface area contributed by atoms with E-state index in [1.54, 1.807) is 4.90 Å². The van der Waals surface area contributed by atoms with Gasteiger partial charge in [0.1, 0.15) is 6.04 Å². The van der Waals surface area contributed by atoms with E-state index in [9.17, 15) is 14.4 Å². The fourth-order valence-electron chi connectivity index (χ4n) is 4.79. The number of piperidine rings is 2. The van der Waals surface area contributed by atoms with Crippen molar-refractivity contribution in [3.05, 3.63) is 35.5 Å². The summed E-state index contributed by atoms with van der Waals surface area (Å²) in [5.41, 5.74) is 3.54. The van der Waals surface area contributed by atoms with E-state index in [4.69, 9.17) is 0 Å². The monoisotopic (exact) mass is 407 g/mol. The number of hydrogen-bond donors (Lipinski definition) is 1. The quantitative estimate of drug-likeness (QED) is 0.785. The van der Waals surface area contributed by atoms with Crippen LogP contribution in [-0.2, 0) is 23.2 Å². The maximum atomic E-state index is 12.9. The van der Waals surface area contributed by atoms with Gasteiger partial charge >= 0.3 is 0 Å². The van der Waals surface area contributed by atoms with Crippen LogP contribution < -0.4 is 10.2 Å². The van der Waals surface area contributed by atoms with Crippen LogP contribution in [0.4, 0.5) is 5.95 Å². The van der Waals surface area contributed by atoms with E-state index in [1.807, 2.05) is 31.4 Å². The second-order valence-corrected chi connectivity index (χ2v) is 8.32. The summed E-state index contributed by atoms with van der Waals surface area (Å²) in [6.45, 7) is 2.44. The van der Waals surface area contributed by atoms with Crippen LogP contribution in [0.3, 0.4) is 0 Å². The minimum atomic E-state index is -0.589. The van der Waals surface area contributed by atoms with E-state index in [0.29, 0.717) is 18.5 Å². The number of benzene rings is 1. The molecule has 8 nitrogen and oxygen atoms in total. The highest BCUT2D eigenvalue weighted by Gasteiger charge is 2.39. The molecule has 0 bridgehead atoms. The van der Waals surface area contributed by atoms with Crippen LogP contribution in [0, 0.1) is 0 Å². The maximum absolute atomic E-state index is 12.9. The van der Waals surface area contributed by atoms with Gasteiger partial charge in [0.15, 0.2) is 0 Å². The minimum Gasteiger partial charge on any atom is -0.342 e. The summed E-state index contributed by atoms with van der Waals surface area (Å²) in [6, 6.07) is 5.22. The number of amides is 3. The van der Waals surface area contributed by atoms with Crippen LogP contribution in [0.25, 0.3) is 11.3 Å². The third-order valence-electron chi connectivity index (χ3n) is 6.42. The van der Waals surface area contributed by atoms with Crippen molar-refractivity contribution in [1.29, 1.82) is 0 Å². The molecule has 30 heavy (non-hydrogen) atoms. The smallest absolute Gasteiger partial charge is 0.255 e. The predicted molar refractivity (Wildman–Crippen MR) is 111 cm³/mol. The third kappa shape index (κ3) is 3.07. The Bertz CT molecular complexity index is 1040. The number of carbonyl (C=O) groups is 3.